The Morgan fingerprint density at radius 1 is 0.968 bits per heavy atom. The zero-order chi connectivity index (χ0) is 22.3. The molecule has 1 amide bonds. The maximum atomic E-state index is 13.2. The summed E-state index contributed by atoms with van der Waals surface area (Å²) in [5.74, 6) is -0.692. The van der Waals surface area contributed by atoms with E-state index < -0.39 is 15.9 Å². The largest absolute Gasteiger partial charge is 0.355 e. The smallest absolute Gasteiger partial charge is 0.264 e. The van der Waals surface area contributed by atoms with E-state index in [1.165, 1.54) is 24.3 Å². The van der Waals surface area contributed by atoms with E-state index in [-0.39, 0.29) is 17.3 Å². The molecule has 0 aliphatic carbocycles. The number of nitrogens with zero attached hydrogens (tertiary/aromatic N) is 1. The van der Waals surface area contributed by atoms with Gasteiger partial charge in [0.2, 0.25) is 5.91 Å². The lowest BCUT2D eigenvalue weighted by Gasteiger charge is -2.24. The summed E-state index contributed by atoms with van der Waals surface area (Å²) < 4.78 is 41.2. The lowest BCUT2D eigenvalue weighted by molar-refractivity contribution is -0.119. The molecule has 162 valence electrons. The van der Waals surface area contributed by atoms with Gasteiger partial charge in [-0.05, 0) is 60.9 Å². The van der Waals surface area contributed by atoms with Gasteiger partial charge in [0.15, 0.2) is 0 Å². The van der Waals surface area contributed by atoms with Crippen LogP contribution in [0.3, 0.4) is 0 Å². The third-order valence-corrected chi connectivity index (χ3v) is 6.87. The third-order valence-electron chi connectivity index (χ3n) is 4.59. The molecular formula is C23H22BrFN2O3S. The van der Waals surface area contributed by atoms with Crippen molar-refractivity contribution in [2.24, 2.45) is 0 Å². The van der Waals surface area contributed by atoms with E-state index in [9.17, 15) is 17.6 Å². The average Bonchev–Trinajstić information content (AvgIpc) is 2.77. The second-order valence-electron chi connectivity index (χ2n) is 6.88. The number of hydrogen-bond donors (Lipinski definition) is 1. The molecule has 0 atom stereocenters. The van der Waals surface area contributed by atoms with Gasteiger partial charge in [-0.3, -0.25) is 9.10 Å². The van der Waals surface area contributed by atoms with Crippen LogP contribution in [0.5, 0.6) is 0 Å². The highest BCUT2D eigenvalue weighted by Crippen LogP contribution is 2.26. The second-order valence-corrected chi connectivity index (χ2v) is 9.66. The second kappa shape index (κ2) is 10.5. The van der Waals surface area contributed by atoms with Crippen LogP contribution < -0.4 is 9.62 Å². The van der Waals surface area contributed by atoms with E-state index in [0.717, 1.165) is 9.87 Å². The highest BCUT2D eigenvalue weighted by Gasteiger charge is 2.27. The Morgan fingerprint density at radius 2 is 1.68 bits per heavy atom. The van der Waals surface area contributed by atoms with Crippen molar-refractivity contribution in [2.75, 3.05) is 17.4 Å². The summed E-state index contributed by atoms with van der Waals surface area (Å²) in [5, 5.41) is 2.77. The summed E-state index contributed by atoms with van der Waals surface area (Å²) in [6.45, 7) is 0.0398. The van der Waals surface area contributed by atoms with Gasteiger partial charge in [-0.1, -0.05) is 52.3 Å². The Hall–Kier alpha value is -2.71. The Bertz CT molecular complexity index is 1120. The molecule has 3 aromatic carbocycles. The number of anilines is 1. The predicted octanol–water partition coefficient (Wildman–Crippen LogP) is 4.53. The number of rotatable bonds is 9. The molecule has 1 N–H and O–H groups in total. The number of sulfonamides is 1. The Balaban J connectivity index is 1.68. The summed E-state index contributed by atoms with van der Waals surface area (Å²) >= 11 is 3.35. The Kier molecular flexibility index (Phi) is 7.81. The molecule has 0 aromatic heterocycles. The molecule has 8 heteroatoms. The molecule has 3 rings (SSSR count). The van der Waals surface area contributed by atoms with Gasteiger partial charge in [-0.2, -0.15) is 0 Å². The standard InChI is InChI=1S/C23H22BrFN2O3S/c24-19-7-4-8-21(16-19)27(31(29,30)22-9-2-1-3-10-22)17-23(28)26-15-5-6-18-11-13-20(25)14-12-18/h1-4,7-14,16H,5-6,15,17H2,(H,26,28). The molecule has 5 nitrogen and oxygen atoms in total. The van der Waals surface area contributed by atoms with Gasteiger partial charge in [0, 0.05) is 11.0 Å². The highest BCUT2D eigenvalue weighted by atomic mass is 79.9. The fourth-order valence-electron chi connectivity index (χ4n) is 3.02. The molecule has 0 fully saturated rings. The van der Waals surface area contributed by atoms with Gasteiger partial charge in [0.25, 0.3) is 10.0 Å². The number of amides is 1. The maximum absolute atomic E-state index is 13.2. The zero-order valence-corrected chi connectivity index (χ0v) is 19.1. The van der Waals surface area contributed by atoms with Crippen LogP contribution in [-0.2, 0) is 21.2 Å². The minimum Gasteiger partial charge on any atom is -0.355 e. The average molecular weight is 505 g/mol. The molecule has 0 saturated heterocycles. The first-order valence-electron chi connectivity index (χ1n) is 9.71. The number of carbonyl (C=O) groups excluding carboxylic acids is 1. The first-order chi connectivity index (χ1) is 14.9. The van der Waals surface area contributed by atoms with Gasteiger partial charge >= 0.3 is 0 Å². The van der Waals surface area contributed by atoms with Crippen LogP contribution in [0.2, 0.25) is 0 Å². The lowest BCUT2D eigenvalue weighted by atomic mass is 10.1. The van der Waals surface area contributed by atoms with Crippen molar-refractivity contribution in [1.82, 2.24) is 5.32 Å². The number of aryl methyl sites for hydroxylation is 1. The summed E-state index contributed by atoms with van der Waals surface area (Å²) in [7, 11) is -3.93. The summed E-state index contributed by atoms with van der Waals surface area (Å²) in [4.78, 5) is 12.7. The summed E-state index contributed by atoms with van der Waals surface area (Å²) in [5.41, 5.74) is 1.36. The number of halogens is 2. The highest BCUT2D eigenvalue weighted by molar-refractivity contribution is 9.10. The lowest BCUT2D eigenvalue weighted by Crippen LogP contribution is -2.41. The number of benzene rings is 3. The van der Waals surface area contributed by atoms with Crippen molar-refractivity contribution in [3.05, 3.63) is 94.7 Å². The molecule has 0 radical (unpaired) electrons. The molecule has 31 heavy (non-hydrogen) atoms. The fourth-order valence-corrected chi connectivity index (χ4v) is 4.84. The summed E-state index contributed by atoms with van der Waals surface area (Å²) in [6, 6.07) is 21.0. The van der Waals surface area contributed by atoms with Crippen LogP contribution in [-0.4, -0.2) is 27.4 Å². The number of carbonyl (C=O) groups is 1. The Labute approximate surface area is 190 Å². The van der Waals surface area contributed by atoms with Crippen LogP contribution in [0.25, 0.3) is 0 Å². The third kappa shape index (κ3) is 6.38. The van der Waals surface area contributed by atoms with E-state index in [0.29, 0.717) is 29.5 Å². The van der Waals surface area contributed by atoms with E-state index >= 15 is 0 Å². The Morgan fingerprint density at radius 3 is 2.35 bits per heavy atom. The first-order valence-corrected chi connectivity index (χ1v) is 11.9. The molecule has 0 unspecified atom stereocenters. The molecule has 3 aromatic rings. The van der Waals surface area contributed by atoms with Crippen LogP contribution in [0.15, 0.2) is 88.2 Å². The molecule has 0 spiro atoms. The van der Waals surface area contributed by atoms with E-state index in [1.54, 1.807) is 54.6 Å². The van der Waals surface area contributed by atoms with Crippen molar-refractivity contribution in [3.63, 3.8) is 0 Å². The van der Waals surface area contributed by atoms with Crippen molar-refractivity contribution >= 4 is 37.5 Å². The minimum atomic E-state index is -3.93. The zero-order valence-electron chi connectivity index (χ0n) is 16.7. The van der Waals surface area contributed by atoms with E-state index in [1.807, 2.05) is 0 Å². The normalized spacial score (nSPS) is 11.2. The maximum Gasteiger partial charge on any atom is 0.264 e. The van der Waals surface area contributed by atoms with Crippen molar-refractivity contribution in [2.45, 2.75) is 17.7 Å². The van der Waals surface area contributed by atoms with Crippen molar-refractivity contribution < 1.29 is 17.6 Å². The van der Waals surface area contributed by atoms with Crippen molar-refractivity contribution in [1.29, 1.82) is 0 Å². The molecule has 0 saturated carbocycles. The van der Waals surface area contributed by atoms with E-state index in [4.69, 9.17) is 0 Å². The molecular weight excluding hydrogens is 483 g/mol. The SMILES string of the molecule is O=C(CN(c1cccc(Br)c1)S(=O)(=O)c1ccccc1)NCCCc1ccc(F)cc1. The van der Waals surface area contributed by atoms with Crippen LogP contribution in [0, 0.1) is 5.82 Å². The molecule has 0 aliphatic rings. The van der Waals surface area contributed by atoms with Crippen molar-refractivity contribution in [3.8, 4) is 0 Å². The summed E-state index contributed by atoms with van der Waals surface area (Å²) in [6.07, 6.45) is 1.33. The number of nitrogens with one attached hydrogen (secondary N) is 1. The fraction of sp³-hybridized carbons (Fsp3) is 0.174. The monoisotopic (exact) mass is 504 g/mol. The molecule has 0 bridgehead atoms. The predicted molar refractivity (Wildman–Crippen MR) is 123 cm³/mol. The van der Waals surface area contributed by atoms with Gasteiger partial charge in [0.1, 0.15) is 12.4 Å². The quantitative estimate of drug-likeness (QED) is 0.435. The minimum absolute atomic E-state index is 0.110. The van der Waals surface area contributed by atoms with Crippen LogP contribution in [0.4, 0.5) is 10.1 Å². The first kappa shape index (κ1) is 23.0. The van der Waals surface area contributed by atoms with Crippen LogP contribution >= 0.6 is 15.9 Å². The van der Waals surface area contributed by atoms with E-state index in [2.05, 4.69) is 21.2 Å². The van der Waals surface area contributed by atoms with Gasteiger partial charge in [0.05, 0.1) is 10.6 Å². The molecule has 0 heterocycles. The molecule has 0 aliphatic heterocycles. The topological polar surface area (TPSA) is 66.5 Å². The van der Waals surface area contributed by atoms with Gasteiger partial charge < -0.3 is 5.32 Å². The number of hydrogen-bond acceptors (Lipinski definition) is 3. The van der Waals surface area contributed by atoms with Gasteiger partial charge in [-0.15, -0.1) is 0 Å². The van der Waals surface area contributed by atoms with Gasteiger partial charge in [-0.25, -0.2) is 12.8 Å². The van der Waals surface area contributed by atoms with Crippen LogP contribution in [0.1, 0.15) is 12.0 Å².